The number of carbonyl (C=O) groups is 2. The SMILES string of the molecule is CC(=O)N1CCc2c(c(-c3cccc(C(=O)Nc4ccc5ncccc5c4)c3)nn2C2CCOC2)C1. The highest BCUT2D eigenvalue weighted by Gasteiger charge is 2.30. The predicted molar refractivity (Wildman–Crippen MR) is 137 cm³/mol. The Morgan fingerprint density at radius 1 is 1.11 bits per heavy atom. The Kier molecular flexibility index (Phi) is 5.73. The molecule has 8 heteroatoms. The van der Waals surface area contributed by atoms with Gasteiger partial charge in [-0.1, -0.05) is 18.2 Å². The molecule has 0 aliphatic carbocycles. The van der Waals surface area contributed by atoms with Crippen molar-refractivity contribution in [3.8, 4) is 11.3 Å². The van der Waals surface area contributed by atoms with Gasteiger partial charge in [-0.25, -0.2) is 0 Å². The zero-order chi connectivity index (χ0) is 24.6. The Bertz CT molecular complexity index is 1470. The van der Waals surface area contributed by atoms with Crippen molar-refractivity contribution in [1.82, 2.24) is 19.7 Å². The van der Waals surface area contributed by atoms with Gasteiger partial charge in [0.25, 0.3) is 5.91 Å². The van der Waals surface area contributed by atoms with E-state index in [1.54, 1.807) is 19.2 Å². The van der Waals surface area contributed by atoms with Gasteiger partial charge in [0.2, 0.25) is 5.91 Å². The van der Waals surface area contributed by atoms with Crippen molar-refractivity contribution in [2.24, 2.45) is 0 Å². The molecule has 2 aromatic carbocycles. The Balaban J connectivity index is 1.33. The third-order valence-corrected chi connectivity index (χ3v) is 7.04. The molecule has 2 aromatic heterocycles. The van der Waals surface area contributed by atoms with E-state index in [1.165, 1.54) is 0 Å². The minimum absolute atomic E-state index is 0.0577. The maximum atomic E-state index is 13.2. The van der Waals surface area contributed by atoms with Crippen LogP contribution in [0.15, 0.2) is 60.8 Å². The lowest BCUT2D eigenvalue weighted by Gasteiger charge is -2.27. The third-order valence-electron chi connectivity index (χ3n) is 7.04. The quantitative estimate of drug-likeness (QED) is 0.472. The van der Waals surface area contributed by atoms with E-state index in [0.717, 1.165) is 52.9 Å². The summed E-state index contributed by atoms with van der Waals surface area (Å²) in [5.74, 6) is -0.134. The number of hydrogen-bond donors (Lipinski definition) is 1. The first-order chi connectivity index (χ1) is 17.6. The van der Waals surface area contributed by atoms with Crippen LogP contribution in [0.1, 0.15) is 41.0 Å². The first-order valence-corrected chi connectivity index (χ1v) is 12.3. The third kappa shape index (κ3) is 4.13. The number of nitrogens with one attached hydrogen (secondary N) is 1. The molecule has 1 unspecified atom stereocenters. The number of aromatic nitrogens is 3. The molecule has 8 nitrogen and oxygen atoms in total. The first kappa shape index (κ1) is 22.4. The number of pyridine rings is 1. The average molecular weight is 482 g/mol. The summed E-state index contributed by atoms with van der Waals surface area (Å²) in [6.45, 7) is 4.19. The number of carbonyl (C=O) groups excluding carboxylic acids is 2. The average Bonchev–Trinajstić information content (AvgIpc) is 3.56. The molecule has 0 radical (unpaired) electrons. The van der Waals surface area contributed by atoms with Crippen molar-refractivity contribution in [2.75, 3.05) is 25.1 Å². The number of amides is 2. The van der Waals surface area contributed by atoms with Crippen molar-refractivity contribution in [3.05, 3.63) is 77.6 Å². The minimum Gasteiger partial charge on any atom is -0.379 e. The van der Waals surface area contributed by atoms with Crippen LogP contribution in [0.25, 0.3) is 22.2 Å². The molecule has 2 aliphatic rings. The van der Waals surface area contributed by atoms with E-state index in [-0.39, 0.29) is 17.9 Å². The van der Waals surface area contributed by atoms with E-state index in [1.807, 2.05) is 53.4 Å². The molecule has 4 aromatic rings. The number of ether oxygens (including phenoxy) is 1. The van der Waals surface area contributed by atoms with E-state index >= 15 is 0 Å². The van der Waals surface area contributed by atoms with Gasteiger partial charge in [0.1, 0.15) is 0 Å². The van der Waals surface area contributed by atoms with Crippen molar-refractivity contribution in [1.29, 1.82) is 0 Å². The number of rotatable bonds is 4. The number of anilines is 1. The van der Waals surface area contributed by atoms with Gasteiger partial charge in [-0.05, 0) is 42.8 Å². The van der Waals surface area contributed by atoms with Crippen molar-refractivity contribution in [3.63, 3.8) is 0 Å². The van der Waals surface area contributed by atoms with Crippen molar-refractivity contribution >= 4 is 28.4 Å². The standard InChI is InChI=1S/C28H27N5O3/c1-18(34)32-12-9-26-24(16-32)27(31-33(26)23-10-13-36-17-23)20-4-2-5-21(14-20)28(35)30-22-7-8-25-19(15-22)6-3-11-29-25/h2-8,11,14-15,23H,9-10,12-13,16-17H2,1H3,(H,30,35). The zero-order valence-electron chi connectivity index (χ0n) is 20.1. The van der Waals surface area contributed by atoms with Crippen LogP contribution in [0.3, 0.4) is 0 Å². The molecule has 0 spiro atoms. The Morgan fingerprint density at radius 3 is 2.86 bits per heavy atom. The zero-order valence-corrected chi connectivity index (χ0v) is 20.1. The molecule has 36 heavy (non-hydrogen) atoms. The fourth-order valence-electron chi connectivity index (χ4n) is 5.13. The van der Waals surface area contributed by atoms with Crippen LogP contribution in [0.2, 0.25) is 0 Å². The molecule has 1 saturated heterocycles. The topological polar surface area (TPSA) is 89.4 Å². The van der Waals surface area contributed by atoms with Gasteiger partial charge in [0.15, 0.2) is 0 Å². The maximum Gasteiger partial charge on any atom is 0.255 e. The highest BCUT2D eigenvalue weighted by Crippen LogP contribution is 2.34. The summed E-state index contributed by atoms with van der Waals surface area (Å²) < 4.78 is 7.73. The van der Waals surface area contributed by atoms with Crippen LogP contribution in [0.4, 0.5) is 5.69 Å². The van der Waals surface area contributed by atoms with E-state index in [0.29, 0.717) is 30.9 Å². The summed E-state index contributed by atoms with van der Waals surface area (Å²) >= 11 is 0. The van der Waals surface area contributed by atoms with Gasteiger partial charge in [-0.15, -0.1) is 0 Å². The number of fused-ring (bicyclic) bond motifs is 2. The molecule has 1 fully saturated rings. The van der Waals surface area contributed by atoms with E-state index in [2.05, 4.69) is 15.0 Å². The lowest BCUT2D eigenvalue weighted by Crippen LogP contribution is -2.35. The Labute approximate surface area is 208 Å². The molecule has 4 heterocycles. The predicted octanol–water partition coefficient (Wildman–Crippen LogP) is 4.22. The minimum atomic E-state index is -0.192. The van der Waals surface area contributed by atoms with Crippen LogP contribution < -0.4 is 5.32 Å². The molecule has 182 valence electrons. The van der Waals surface area contributed by atoms with Crippen molar-refractivity contribution < 1.29 is 14.3 Å². The van der Waals surface area contributed by atoms with Crippen LogP contribution >= 0.6 is 0 Å². The van der Waals surface area contributed by atoms with Gasteiger partial charge in [0.05, 0.1) is 23.9 Å². The molecule has 1 atom stereocenters. The molecule has 2 aliphatic heterocycles. The highest BCUT2D eigenvalue weighted by molar-refractivity contribution is 6.05. The molecular formula is C28H27N5O3. The van der Waals surface area contributed by atoms with E-state index < -0.39 is 0 Å². The van der Waals surface area contributed by atoms with Crippen LogP contribution in [-0.4, -0.2) is 51.2 Å². The first-order valence-electron chi connectivity index (χ1n) is 12.3. The summed E-state index contributed by atoms with van der Waals surface area (Å²) in [7, 11) is 0. The molecule has 2 amide bonds. The van der Waals surface area contributed by atoms with Crippen LogP contribution in [0, 0.1) is 0 Å². The highest BCUT2D eigenvalue weighted by atomic mass is 16.5. The molecule has 0 saturated carbocycles. The van der Waals surface area contributed by atoms with Gasteiger partial charge >= 0.3 is 0 Å². The second kappa shape index (κ2) is 9.20. The van der Waals surface area contributed by atoms with Crippen molar-refractivity contribution in [2.45, 2.75) is 32.4 Å². The summed E-state index contributed by atoms with van der Waals surface area (Å²) in [5, 5.41) is 8.98. The fourth-order valence-corrected chi connectivity index (χ4v) is 5.13. The Hall–Kier alpha value is -4.04. The second-order valence-corrected chi connectivity index (χ2v) is 9.37. The summed E-state index contributed by atoms with van der Waals surface area (Å²) in [4.78, 5) is 31.5. The largest absolute Gasteiger partial charge is 0.379 e. The smallest absolute Gasteiger partial charge is 0.255 e. The number of nitrogens with zero attached hydrogens (tertiary/aromatic N) is 4. The summed E-state index contributed by atoms with van der Waals surface area (Å²) in [6.07, 6.45) is 3.44. The van der Waals surface area contributed by atoms with Crippen LogP contribution in [0.5, 0.6) is 0 Å². The Morgan fingerprint density at radius 2 is 2.03 bits per heavy atom. The van der Waals surface area contributed by atoms with E-state index in [4.69, 9.17) is 9.84 Å². The number of benzene rings is 2. The fraction of sp³-hybridized carbons (Fsp3) is 0.286. The summed E-state index contributed by atoms with van der Waals surface area (Å²) in [6, 6.07) is 17.3. The monoisotopic (exact) mass is 481 g/mol. The molecule has 0 bridgehead atoms. The van der Waals surface area contributed by atoms with E-state index in [9.17, 15) is 9.59 Å². The normalized spacial score (nSPS) is 17.2. The van der Waals surface area contributed by atoms with Gasteiger partial charge in [0, 0.05) is 72.7 Å². The molecule has 1 N–H and O–H groups in total. The lowest BCUT2D eigenvalue weighted by molar-refractivity contribution is -0.129. The molecular weight excluding hydrogens is 454 g/mol. The molecule has 6 rings (SSSR count). The van der Waals surface area contributed by atoms with Gasteiger partial charge < -0.3 is 15.0 Å². The van der Waals surface area contributed by atoms with Gasteiger partial charge in [-0.2, -0.15) is 5.10 Å². The van der Waals surface area contributed by atoms with Gasteiger partial charge in [-0.3, -0.25) is 19.3 Å². The number of hydrogen-bond acceptors (Lipinski definition) is 5. The maximum absolute atomic E-state index is 13.2. The summed E-state index contributed by atoms with van der Waals surface area (Å²) in [5.41, 5.74) is 6.06. The van der Waals surface area contributed by atoms with Crippen LogP contribution in [-0.2, 0) is 22.5 Å². The lowest BCUT2D eigenvalue weighted by atomic mass is 9.99. The second-order valence-electron chi connectivity index (χ2n) is 9.37.